The van der Waals surface area contributed by atoms with Crippen LogP contribution in [-0.2, 0) is 16.1 Å². The zero-order valence-corrected chi connectivity index (χ0v) is 20.2. The molecule has 0 unspecified atom stereocenters. The maximum atomic E-state index is 12.7. The predicted octanol–water partition coefficient (Wildman–Crippen LogP) is 2.47. The first-order valence-electron chi connectivity index (χ1n) is 12.0. The second-order valence-electron chi connectivity index (χ2n) is 8.77. The van der Waals surface area contributed by atoms with Crippen molar-refractivity contribution in [2.75, 3.05) is 31.1 Å². The van der Waals surface area contributed by atoms with Crippen molar-refractivity contribution < 1.29 is 24.5 Å². The van der Waals surface area contributed by atoms with E-state index in [4.69, 9.17) is 4.74 Å². The van der Waals surface area contributed by atoms with Gasteiger partial charge in [0, 0.05) is 38.4 Å². The molecule has 0 radical (unpaired) electrons. The number of ether oxygens (including phenoxy) is 1. The normalized spacial score (nSPS) is 15.2. The smallest absolute Gasteiger partial charge is 0.254 e. The Balaban J connectivity index is 1.24. The zero-order chi connectivity index (χ0) is 25.5. The van der Waals surface area contributed by atoms with Gasteiger partial charge in [-0.25, -0.2) is 0 Å². The second kappa shape index (κ2) is 11.7. The summed E-state index contributed by atoms with van der Waals surface area (Å²) in [4.78, 5) is 28.7. The molecule has 3 aromatic carbocycles. The molecule has 0 spiro atoms. The summed E-state index contributed by atoms with van der Waals surface area (Å²) in [6.45, 7) is 4.11. The molecule has 1 aliphatic rings. The number of amides is 2. The lowest BCUT2D eigenvalue weighted by molar-refractivity contribution is -0.153. The van der Waals surface area contributed by atoms with Crippen LogP contribution in [0.5, 0.6) is 11.5 Å². The molecule has 0 bridgehead atoms. The molecule has 188 valence electrons. The summed E-state index contributed by atoms with van der Waals surface area (Å²) >= 11 is 0. The maximum absolute atomic E-state index is 12.7. The molecule has 36 heavy (non-hydrogen) atoms. The topological polar surface area (TPSA) is 102 Å². The van der Waals surface area contributed by atoms with Gasteiger partial charge in [0.15, 0.2) is 12.2 Å². The van der Waals surface area contributed by atoms with Crippen LogP contribution in [0.25, 0.3) is 0 Å². The van der Waals surface area contributed by atoms with Crippen LogP contribution in [0.15, 0.2) is 78.9 Å². The number of benzene rings is 3. The first kappa shape index (κ1) is 25.2. The lowest BCUT2D eigenvalue weighted by atomic mass is 10.1. The van der Waals surface area contributed by atoms with Gasteiger partial charge in [0.25, 0.3) is 11.8 Å². The third-order valence-corrected chi connectivity index (χ3v) is 6.24. The van der Waals surface area contributed by atoms with E-state index in [1.54, 1.807) is 24.3 Å². The van der Waals surface area contributed by atoms with E-state index in [0.29, 0.717) is 31.9 Å². The summed E-state index contributed by atoms with van der Waals surface area (Å²) in [7, 11) is 0. The number of para-hydroxylation sites is 2. The highest BCUT2D eigenvalue weighted by Crippen LogP contribution is 2.24. The lowest BCUT2D eigenvalue weighted by Crippen LogP contribution is -2.55. The van der Waals surface area contributed by atoms with Gasteiger partial charge in [0.05, 0.1) is 0 Å². The average Bonchev–Trinajstić information content (AvgIpc) is 2.93. The lowest BCUT2D eigenvalue weighted by Gasteiger charge is -2.37. The first-order chi connectivity index (χ1) is 17.4. The number of aryl methyl sites for hydroxylation is 1. The van der Waals surface area contributed by atoms with Crippen molar-refractivity contribution in [1.29, 1.82) is 0 Å². The van der Waals surface area contributed by atoms with Crippen molar-refractivity contribution >= 4 is 17.5 Å². The molecule has 3 N–H and O–H groups in total. The summed E-state index contributed by atoms with van der Waals surface area (Å²) in [6, 6.07) is 24.8. The standard InChI is InChI=1S/C28H31N3O5/c1-20-7-5-6-10-24(20)36-23-13-11-21(12-14-23)19-29-27(34)25(32)26(33)28(35)31-17-15-30(16-18-31)22-8-3-2-4-9-22/h2-14,25-26,32-33H,15-19H2,1H3,(H,29,34)/t25-,26-/m1/s1. The number of aliphatic hydroxyl groups is 2. The number of nitrogens with one attached hydrogen (secondary N) is 1. The maximum Gasteiger partial charge on any atom is 0.254 e. The van der Waals surface area contributed by atoms with Gasteiger partial charge in [-0.1, -0.05) is 48.5 Å². The Bertz CT molecular complexity index is 1160. The largest absolute Gasteiger partial charge is 0.457 e. The van der Waals surface area contributed by atoms with Crippen molar-refractivity contribution in [2.24, 2.45) is 0 Å². The summed E-state index contributed by atoms with van der Waals surface area (Å²) in [5.41, 5.74) is 2.87. The SMILES string of the molecule is Cc1ccccc1Oc1ccc(CNC(=O)[C@H](O)[C@@H](O)C(=O)N2CCN(c3ccccc3)CC2)cc1. The van der Waals surface area contributed by atoms with E-state index in [1.165, 1.54) is 4.90 Å². The molecular formula is C28H31N3O5. The fourth-order valence-corrected chi connectivity index (χ4v) is 4.06. The number of hydrogen-bond donors (Lipinski definition) is 3. The monoisotopic (exact) mass is 489 g/mol. The van der Waals surface area contributed by atoms with Crippen molar-refractivity contribution in [3.05, 3.63) is 90.0 Å². The molecule has 0 saturated carbocycles. The number of carbonyl (C=O) groups is 2. The molecule has 1 heterocycles. The highest BCUT2D eigenvalue weighted by atomic mass is 16.5. The number of piperazine rings is 1. The van der Waals surface area contributed by atoms with E-state index in [2.05, 4.69) is 10.2 Å². The van der Waals surface area contributed by atoms with Crippen LogP contribution >= 0.6 is 0 Å². The van der Waals surface area contributed by atoms with Gasteiger partial charge >= 0.3 is 0 Å². The summed E-state index contributed by atoms with van der Waals surface area (Å²) in [5, 5.41) is 23.2. The molecule has 0 aliphatic carbocycles. The number of rotatable bonds is 8. The van der Waals surface area contributed by atoms with Crippen LogP contribution in [0.2, 0.25) is 0 Å². The molecule has 3 aromatic rings. The van der Waals surface area contributed by atoms with Gasteiger partial charge in [0.1, 0.15) is 11.5 Å². The minimum Gasteiger partial charge on any atom is -0.457 e. The molecule has 1 aliphatic heterocycles. The third-order valence-electron chi connectivity index (χ3n) is 6.24. The van der Waals surface area contributed by atoms with E-state index in [9.17, 15) is 19.8 Å². The van der Waals surface area contributed by atoms with E-state index in [-0.39, 0.29) is 6.54 Å². The van der Waals surface area contributed by atoms with Gasteiger partial charge in [-0.2, -0.15) is 0 Å². The summed E-state index contributed by atoms with van der Waals surface area (Å²) < 4.78 is 5.87. The number of hydrogen-bond acceptors (Lipinski definition) is 6. The second-order valence-corrected chi connectivity index (χ2v) is 8.77. The van der Waals surface area contributed by atoms with Crippen molar-refractivity contribution in [1.82, 2.24) is 10.2 Å². The Labute approximate surface area is 210 Å². The molecule has 2 amide bonds. The van der Waals surface area contributed by atoms with Crippen LogP contribution in [0, 0.1) is 6.92 Å². The number of nitrogens with zero attached hydrogens (tertiary/aromatic N) is 2. The van der Waals surface area contributed by atoms with Gasteiger partial charge in [-0.15, -0.1) is 0 Å². The van der Waals surface area contributed by atoms with E-state index < -0.39 is 24.0 Å². The average molecular weight is 490 g/mol. The van der Waals surface area contributed by atoms with E-state index in [0.717, 1.165) is 22.6 Å². The van der Waals surface area contributed by atoms with Gasteiger partial charge in [-0.3, -0.25) is 9.59 Å². The Morgan fingerprint density at radius 3 is 2.17 bits per heavy atom. The number of carbonyl (C=O) groups excluding carboxylic acids is 2. The van der Waals surface area contributed by atoms with Crippen molar-refractivity contribution in [3.8, 4) is 11.5 Å². The highest BCUT2D eigenvalue weighted by molar-refractivity contribution is 5.90. The van der Waals surface area contributed by atoms with E-state index in [1.807, 2.05) is 61.5 Å². The fraction of sp³-hybridized carbons (Fsp3) is 0.286. The Kier molecular flexibility index (Phi) is 8.20. The zero-order valence-electron chi connectivity index (χ0n) is 20.2. The molecule has 1 saturated heterocycles. The number of aliphatic hydroxyl groups excluding tert-OH is 2. The number of anilines is 1. The molecule has 8 nitrogen and oxygen atoms in total. The predicted molar refractivity (Wildman–Crippen MR) is 137 cm³/mol. The minimum absolute atomic E-state index is 0.136. The molecule has 0 aromatic heterocycles. The van der Waals surface area contributed by atoms with Crippen LogP contribution in [0.3, 0.4) is 0 Å². The Hall–Kier alpha value is -3.88. The molecule has 4 rings (SSSR count). The summed E-state index contributed by atoms with van der Waals surface area (Å²) in [5.74, 6) is -0.0309. The van der Waals surface area contributed by atoms with E-state index >= 15 is 0 Å². The van der Waals surface area contributed by atoms with Gasteiger partial charge < -0.3 is 30.1 Å². The quantitative estimate of drug-likeness (QED) is 0.449. The summed E-state index contributed by atoms with van der Waals surface area (Å²) in [6.07, 6.45) is -3.67. The van der Waals surface area contributed by atoms with Gasteiger partial charge in [0.2, 0.25) is 0 Å². The van der Waals surface area contributed by atoms with Crippen LogP contribution in [0.4, 0.5) is 5.69 Å². The Morgan fingerprint density at radius 2 is 1.50 bits per heavy atom. The highest BCUT2D eigenvalue weighted by Gasteiger charge is 2.34. The molecule has 2 atom stereocenters. The fourth-order valence-electron chi connectivity index (χ4n) is 4.06. The third kappa shape index (κ3) is 6.21. The van der Waals surface area contributed by atoms with Crippen molar-refractivity contribution in [2.45, 2.75) is 25.7 Å². The molecular weight excluding hydrogens is 458 g/mol. The van der Waals surface area contributed by atoms with Crippen LogP contribution < -0.4 is 15.0 Å². The molecule has 8 heteroatoms. The first-order valence-corrected chi connectivity index (χ1v) is 12.0. The van der Waals surface area contributed by atoms with Crippen LogP contribution in [0.1, 0.15) is 11.1 Å². The van der Waals surface area contributed by atoms with Crippen LogP contribution in [-0.4, -0.2) is 65.3 Å². The minimum atomic E-state index is -1.85. The van der Waals surface area contributed by atoms with Crippen molar-refractivity contribution in [3.63, 3.8) is 0 Å². The van der Waals surface area contributed by atoms with Gasteiger partial charge in [-0.05, 0) is 48.4 Å². The Morgan fingerprint density at radius 1 is 0.861 bits per heavy atom. The molecule has 1 fully saturated rings.